The predicted octanol–water partition coefficient (Wildman–Crippen LogP) is 4.63. The maximum Gasteiger partial charge on any atom is 0.416 e. The number of nitrogens with one attached hydrogen (secondary N) is 2. The Bertz CT molecular complexity index is 658. The molecule has 1 aliphatic carbocycles. The summed E-state index contributed by atoms with van der Waals surface area (Å²) in [6.07, 6.45) is -5.59. The summed E-state index contributed by atoms with van der Waals surface area (Å²) in [7, 11) is 0. The highest BCUT2D eigenvalue weighted by Gasteiger charge is 2.37. The van der Waals surface area contributed by atoms with Crippen molar-refractivity contribution < 1.29 is 31.1 Å². The SMILES string of the molecule is C=C(NCC1CCC(NCC=O)CC1)c1cc(C(F)(F)F)cc(C(F)(F)F)c1. The van der Waals surface area contributed by atoms with Crippen molar-refractivity contribution >= 4 is 12.0 Å². The lowest BCUT2D eigenvalue weighted by Crippen LogP contribution is -2.36. The van der Waals surface area contributed by atoms with E-state index in [9.17, 15) is 31.1 Å². The van der Waals surface area contributed by atoms with Gasteiger partial charge in [0.15, 0.2) is 0 Å². The number of hydrogen-bond acceptors (Lipinski definition) is 3. The van der Waals surface area contributed by atoms with Gasteiger partial charge in [-0.15, -0.1) is 0 Å². The van der Waals surface area contributed by atoms with Gasteiger partial charge in [0.25, 0.3) is 0 Å². The van der Waals surface area contributed by atoms with Gasteiger partial charge in [0.2, 0.25) is 0 Å². The molecule has 9 heteroatoms. The topological polar surface area (TPSA) is 41.1 Å². The molecule has 3 nitrogen and oxygen atoms in total. The minimum atomic E-state index is -4.89. The van der Waals surface area contributed by atoms with Gasteiger partial charge in [0.1, 0.15) is 6.29 Å². The fourth-order valence-electron chi connectivity index (χ4n) is 3.28. The summed E-state index contributed by atoms with van der Waals surface area (Å²) in [6, 6.07) is 1.70. The van der Waals surface area contributed by atoms with Crippen LogP contribution in [0.4, 0.5) is 26.3 Å². The molecule has 0 unspecified atom stereocenters. The molecule has 1 saturated carbocycles. The molecule has 0 bridgehead atoms. The second-order valence-corrected chi connectivity index (χ2v) is 6.95. The smallest absolute Gasteiger partial charge is 0.385 e. The Morgan fingerprint density at radius 3 is 2.00 bits per heavy atom. The Kier molecular flexibility index (Phi) is 7.14. The largest absolute Gasteiger partial charge is 0.416 e. The third-order valence-corrected chi connectivity index (χ3v) is 4.88. The summed E-state index contributed by atoms with van der Waals surface area (Å²) >= 11 is 0. The molecule has 0 radical (unpaired) electrons. The van der Waals surface area contributed by atoms with Gasteiger partial charge in [-0.25, -0.2) is 0 Å². The minimum Gasteiger partial charge on any atom is -0.385 e. The van der Waals surface area contributed by atoms with Crippen molar-refractivity contribution in [1.29, 1.82) is 0 Å². The third-order valence-electron chi connectivity index (χ3n) is 4.88. The third kappa shape index (κ3) is 6.25. The van der Waals surface area contributed by atoms with E-state index in [1.165, 1.54) is 0 Å². The van der Waals surface area contributed by atoms with Gasteiger partial charge in [-0.3, -0.25) is 0 Å². The second-order valence-electron chi connectivity index (χ2n) is 6.95. The summed E-state index contributed by atoms with van der Waals surface area (Å²) in [5.74, 6) is 0.235. The molecule has 0 spiro atoms. The van der Waals surface area contributed by atoms with Crippen molar-refractivity contribution in [3.05, 3.63) is 41.5 Å². The molecule has 2 N–H and O–H groups in total. The van der Waals surface area contributed by atoms with Crippen LogP contribution >= 0.6 is 0 Å². The van der Waals surface area contributed by atoms with Crippen LogP contribution in [0.25, 0.3) is 5.70 Å². The first-order chi connectivity index (χ1) is 13.0. The lowest BCUT2D eigenvalue weighted by Gasteiger charge is -2.29. The van der Waals surface area contributed by atoms with Gasteiger partial charge >= 0.3 is 12.4 Å². The summed E-state index contributed by atoms with van der Waals surface area (Å²) in [4.78, 5) is 10.4. The van der Waals surface area contributed by atoms with Gasteiger partial charge in [-0.2, -0.15) is 26.3 Å². The van der Waals surface area contributed by atoms with Crippen LogP contribution in [0.1, 0.15) is 42.4 Å². The van der Waals surface area contributed by atoms with Crippen molar-refractivity contribution in [3.63, 3.8) is 0 Å². The standard InChI is InChI=1S/C19H22F6N2O/c1-12(27-11-13-2-4-17(5-3-13)26-6-7-28)14-8-15(18(20,21)22)10-16(9-14)19(23,24)25/h7-10,13,17,26-27H,1-6,11H2. The zero-order valence-electron chi connectivity index (χ0n) is 15.1. The van der Waals surface area contributed by atoms with Crippen molar-refractivity contribution in [1.82, 2.24) is 10.6 Å². The normalized spacial score (nSPS) is 20.6. The molecule has 0 atom stereocenters. The molecule has 0 aliphatic heterocycles. The van der Waals surface area contributed by atoms with E-state index in [0.29, 0.717) is 25.2 Å². The summed E-state index contributed by atoms with van der Waals surface area (Å²) in [5.41, 5.74) is -2.93. The number of rotatable bonds is 7. The van der Waals surface area contributed by atoms with E-state index in [2.05, 4.69) is 17.2 Å². The van der Waals surface area contributed by atoms with Gasteiger partial charge in [0.05, 0.1) is 17.7 Å². The van der Waals surface area contributed by atoms with E-state index in [-0.39, 0.29) is 29.3 Å². The molecule has 0 amide bonds. The molecule has 1 aliphatic rings. The van der Waals surface area contributed by atoms with Crippen LogP contribution < -0.4 is 10.6 Å². The zero-order chi connectivity index (χ0) is 20.9. The monoisotopic (exact) mass is 408 g/mol. The average molecular weight is 408 g/mol. The Labute approximate surface area is 159 Å². The number of aldehydes is 1. The molecule has 0 saturated heterocycles. The van der Waals surface area contributed by atoms with Crippen LogP contribution in [0.15, 0.2) is 24.8 Å². The number of halogens is 6. The molecular weight excluding hydrogens is 386 g/mol. The zero-order valence-corrected chi connectivity index (χ0v) is 15.1. The average Bonchev–Trinajstić information content (AvgIpc) is 2.63. The van der Waals surface area contributed by atoms with E-state index in [4.69, 9.17) is 0 Å². The molecule has 1 aromatic rings. The maximum atomic E-state index is 13.0. The van der Waals surface area contributed by atoms with E-state index < -0.39 is 23.5 Å². The highest BCUT2D eigenvalue weighted by molar-refractivity contribution is 5.63. The van der Waals surface area contributed by atoms with Crippen molar-refractivity contribution in [3.8, 4) is 0 Å². The predicted molar refractivity (Wildman–Crippen MR) is 93.3 cm³/mol. The molecule has 0 aromatic heterocycles. The van der Waals surface area contributed by atoms with Crippen molar-refractivity contribution in [2.45, 2.75) is 44.1 Å². The fraction of sp³-hybridized carbons (Fsp3) is 0.526. The maximum absolute atomic E-state index is 13.0. The fourth-order valence-corrected chi connectivity index (χ4v) is 3.28. The lowest BCUT2D eigenvalue weighted by atomic mass is 9.86. The summed E-state index contributed by atoms with van der Waals surface area (Å²) < 4.78 is 77.7. The highest BCUT2D eigenvalue weighted by atomic mass is 19.4. The van der Waals surface area contributed by atoms with Crippen molar-refractivity contribution in [2.75, 3.05) is 13.1 Å². The van der Waals surface area contributed by atoms with Crippen molar-refractivity contribution in [2.24, 2.45) is 5.92 Å². The van der Waals surface area contributed by atoms with Crippen LogP contribution in [0, 0.1) is 5.92 Å². The first-order valence-electron chi connectivity index (χ1n) is 8.90. The van der Waals surface area contributed by atoms with Crippen LogP contribution in [0.5, 0.6) is 0 Å². The molecule has 156 valence electrons. The lowest BCUT2D eigenvalue weighted by molar-refractivity contribution is -0.143. The number of hydrogen-bond donors (Lipinski definition) is 2. The van der Waals surface area contributed by atoms with Crippen LogP contribution in [0.2, 0.25) is 0 Å². The Hall–Kier alpha value is -2.03. The first-order valence-corrected chi connectivity index (χ1v) is 8.90. The Balaban J connectivity index is 2.01. The summed E-state index contributed by atoms with van der Waals surface area (Å²) in [5, 5.41) is 5.98. The second kappa shape index (κ2) is 8.98. The van der Waals surface area contributed by atoms with Crippen LogP contribution in [-0.2, 0) is 17.1 Å². The number of carbonyl (C=O) groups is 1. The number of benzene rings is 1. The van der Waals surface area contributed by atoms with E-state index in [0.717, 1.165) is 32.0 Å². The minimum absolute atomic E-state index is 0.0257. The Morgan fingerprint density at radius 1 is 1.00 bits per heavy atom. The number of carbonyl (C=O) groups excluding carboxylic acids is 1. The molecule has 28 heavy (non-hydrogen) atoms. The molecule has 1 aromatic carbocycles. The quantitative estimate of drug-likeness (QED) is 0.511. The molecule has 1 fully saturated rings. The van der Waals surface area contributed by atoms with Crippen LogP contribution in [0.3, 0.4) is 0 Å². The van der Waals surface area contributed by atoms with Gasteiger partial charge < -0.3 is 15.4 Å². The van der Waals surface area contributed by atoms with E-state index >= 15 is 0 Å². The molecular formula is C19H22F6N2O. The van der Waals surface area contributed by atoms with Crippen LogP contribution in [-0.4, -0.2) is 25.4 Å². The van der Waals surface area contributed by atoms with Gasteiger partial charge in [-0.1, -0.05) is 6.58 Å². The van der Waals surface area contributed by atoms with E-state index in [1.54, 1.807) is 0 Å². The van der Waals surface area contributed by atoms with E-state index in [1.807, 2.05) is 0 Å². The molecule has 2 rings (SSSR count). The highest BCUT2D eigenvalue weighted by Crippen LogP contribution is 2.37. The first kappa shape index (κ1) is 22.3. The number of alkyl halides is 6. The van der Waals surface area contributed by atoms with Gasteiger partial charge in [0, 0.05) is 18.3 Å². The molecule has 0 heterocycles. The van der Waals surface area contributed by atoms with Gasteiger partial charge in [-0.05, 0) is 55.4 Å². The summed E-state index contributed by atoms with van der Waals surface area (Å²) in [6.45, 7) is 4.32. The Morgan fingerprint density at radius 2 is 1.54 bits per heavy atom.